The molecule has 0 spiro atoms. The number of hydrogen-bond acceptors (Lipinski definition) is 6. The van der Waals surface area contributed by atoms with E-state index in [1.54, 1.807) is 16.7 Å². The molecule has 9 nitrogen and oxygen atoms in total. The molecule has 0 aliphatic carbocycles. The zero-order valence-electron chi connectivity index (χ0n) is 20.8. The highest BCUT2D eigenvalue weighted by atomic mass is 35.5. The lowest BCUT2D eigenvalue weighted by Crippen LogP contribution is -2.35. The lowest BCUT2D eigenvalue weighted by Gasteiger charge is -2.33. The second-order valence-electron chi connectivity index (χ2n) is 9.89. The molecule has 1 atom stereocenters. The van der Waals surface area contributed by atoms with Crippen molar-refractivity contribution in [2.45, 2.75) is 57.7 Å². The van der Waals surface area contributed by atoms with E-state index < -0.39 is 5.82 Å². The fourth-order valence-corrected chi connectivity index (χ4v) is 5.89. The van der Waals surface area contributed by atoms with E-state index in [0.717, 1.165) is 73.9 Å². The number of aromatic nitrogens is 6. The summed E-state index contributed by atoms with van der Waals surface area (Å²) in [6.45, 7) is 6.00. The molecule has 194 valence electrons. The molecule has 2 aliphatic heterocycles. The summed E-state index contributed by atoms with van der Waals surface area (Å²) in [4.78, 5) is 31.3. The molecular weight excluding hydrogens is 495 g/mol. The Morgan fingerprint density at radius 1 is 1.19 bits per heavy atom. The van der Waals surface area contributed by atoms with Crippen molar-refractivity contribution >= 4 is 28.6 Å². The topological polar surface area (TPSA) is 96.7 Å². The number of aryl methyl sites for hydroxylation is 1. The van der Waals surface area contributed by atoms with Crippen molar-refractivity contribution < 1.29 is 4.39 Å². The number of H-pyrrole nitrogens is 1. The lowest BCUT2D eigenvalue weighted by molar-refractivity contribution is 0.438. The summed E-state index contributed by atoms with van der Waals surface area (Å²) in [6, 6.07) is 5.20. The number of anilines is 1. The van der Waals surface area contributed by atoms with Crippen molar-refractivity contribution in [2.24, 2.45) is 0 Å². The number of nitrogens with zero attached hydrogens (tertiary/aromatic N) is 6. The van der Waals surface area contributed by atoms with E-state index in [-0.39, 0.29) is 16.6 Å². The molecule has 0 radical (unpaired) electrons. The fraction of sp³-hybridized carbons (Fsp3) is 0.462. The third-order valence-electron chi connectivity index (χ3n) is 7.62. The van der Waals surface area contributed by atoms with Crippen molar-refractivity contribution in [3.05, 3.63) is 57.9 Å². The Labute approximate surface area is 218 Å². The molecule has 2 aliphatic rings. The first-order chi connectivity index (χ1) is 18.0. The molecule has 11 heteroatoms. The summed E-state index contributed by atoms with van der Waals surface area (Å²) >= 11 is 6.08. The quantitative estimate of drug-likeness (QED) is 0.397. The van der Waals surface area contributed by atoms with Crippen LogP contribution in [0.5, 0.6) is 0 Å². The highest BCUT2D eigenvalue weighted by Gasteiger charge is 2.29. The van der Waals surface area contributed by atoms with E-state index in [1.807, 2.05) is 6.92 Å². The van der Waals surface area contributed by atoms with E-state index >= 15 is 0 Å². The van der Waals surface area contributed by atoms with Gasteiger partial charge in [-0.05, 0) is 57.4 Å². The summed E-state index contributed by atoms with van der Waals surface area (Å²) in [5.41, 5.74) is 2.80. The van der Waals surface area contributed by atoms with Crippen molar-refractivity contribution in [3.8, 4) is 11.3 Å². The van der Waals surface area contributed by atoms with Crippen LogP contribution in [-0.4, -0.2) is 54.7 Å². The minimum Gasteiger partial charge on any atom is -0.355 e. The number of benzene rings is 1. The Morgan fingerprint density at radius 3 is 2.76 bits per heavy atom. The van der Waals surface area contributed by atoms with Gasteiger partial charge in [0.25, 0.3) is 0 Å². The molecule has 6 rings (SSSR count). The SMILES string of the molecule is CCn1c(=O)[nH]c2ncnc(N3CCC(c4nc(-c5ccc(F)c(Cl)c5)cn4C[C@H]4CCCN4)CC3)c21. The molecule has 0 bridgehead atoms. The van der Waals surface area contributed by atoms with Gasteiger partial charge in [-0.25, -0.2) is 24.1 Å². The van der Waals surface area contributed by atoms with Crippen LogP contribution in [0, 0.1) is 5.82 Å². The third kappa shape index (κ3) is 4.53. The molecule has 2 N–H and O–H groups in total. The van der Waals surface area contributed by atoms with Crippen molar-refractivity contribution in [2.75, 3.05) is 24.5 Å². The van der Waals surface area contributed by atoms with Gasteiger partial charge in [0, 0.05) is 49.9 Å². The monoisotopic (exact) mass is 524 g/mol. The van der Waals surface area contributed by atoms with E-state index in [2.05, 4.69) is 35.9 Å². The maximum atomic E-state index is 13.8. The predicted molar refractivity (Wildman–Crippen MR) is 142 cm³/mol. The van der Waals surface area contributed by atoms with Gasteiger partial charge in [-0.15, -0.1) is 0 Å². The van der Waals surface area contributed by atoms with E-state index in [9.17, 15) is 9.18 Å². The smallest absolute Gasteiger partial charge is 0.327 e. The first-order valence-corrected chi connectivity index (χ1v) is 13.3. The molecule has 37 heavy (non-hydrogen) atoms. The van der Waals surface area contributed by atoms with Crippen molar-refractivity contribution in [1.82, 2.24) is 34.4 Å². The molecular formula is C26H30ClFN8O. The normalized spacial score (nSPS) is 18.8. The number of aromatic amines is 1. The number of fused-ring (bicyclic) bond motifs is 1. The number of piperidine rings is 1. The summed E-state index contributed by atoms with van der Waals surface area (Å²) in [5, 5.41) is 3.69. The fourth-order valence-electron chi connectivity index (χ4n) is 5.71. The van der Waals surface area contributed by atoms with Crippen LogP contribution in [0.4, 0.5) is 10.2 Å². The van der Waals surface area contributed by atoms with E-state index in [0.29, 0.717) is 18.2 Å². The number of nitrogens with one attached hydrogen (secondary N) is 2. The molecule has 1 aromatic carbocycles. The first kappa shape index (κ1) is 24.1. The van der Waals surface area contributed by atoms with Crippen LogP contribution in [0.2, 0.25) is 5.02 Å². The number of halogens is 2. The first-order valence-electron chi connectivity index (χ1n) is 13.0. The average molecular weight is 525 g/mol. The number of rotatable bonds is 6. The molecule has 2 saturated heterocycles. The number of imidazole rings is 2. The zero-order chi connectivity index (χ0) is 25.5. The highest BCUT2D eigenvalue weighted by molar-refractivity contribution is 6.31. The van der Waals surface area contributed by atoms with Gasteiger partial charge in [-0.2, -0.15) is 0 Å². The lowest BCUT2D eigenvalue weighted by atomic mass is 9.95. The minimum atomic E-state index is -0.428. The summed E-state index contributed by atoms with van der Waals surface area (Å²) in [6.07, 6.45) is 7.74. The summed E-state index contributed by atoms with van der Waals surface area (Å²) in [7, 11) is 0. The Balaban J connectivity index is 1.28. The molecule has 0 unspecified atom stereocenters. The van der Waals surface area contributed by atoms with Gasteiger partial charge in [-0.3, -0.25) is 9.55 Å². The number of hydrogen-bond donors (Lipinski definition) is 2. The van der Waals surface area contributed by atoms with Gasteiger partial charge in [0.1, 0.15) is 23.5 Å². The van der Waals surface area contributed by atoms with Crippen molar-refractivity contribution in [3.63, 3.8) is 0 Å². The largest absolute Gasteiger partial charge is 0.355 e. The second-order valence-corrected chi connectivity index (χ2v) is 10.3. The summed E-state index contributed by atoms with van der Waals surface area (Å²) < 4.78 is 17.8. The van der Waals surface area contributed by atoms with Crippen LogP contribution in [0.3, 0.4) is 0 Å². The predicted octanol–water partition coefficient (Wildman–Crippen LogP) is 3.93. The third-order valence-corrected chi connectivity index (χ3v) is 7.91. The van der Waals surface area contributed by atoms with Gasteiger partial charge in [0.05, 0.1) is 10.7 Å². The van der Waals surface area contributed by atoms with Gasteiger partial charge >= 0.3 is 5.69 Å². The van der Waals surface area contributed by atoms with Crippen molar-refractivity contribution in [1.29, 1.82) is 0 Å². The van der Waals surface area contributed by atoms with Gasteiger partial charge in [0.15, 0.2) is 11.5 Å². The molecule has 4 aromatic rings. The second kappa shape index (κ2) is 9.90. The maximum absolute atomic E-state index is 13.8. The van der Waals surface area contributed by atoms with Crippen LogP contribution in [0.15, 0.2) is 35.5 Å². The molecule has 3 aromatic heterocycles. The Morgan fingerprint density at radius 2 is 2.03 bits per heavy atom. The van der Waals surface area contributed by atoms with Crippen LogP contribution in [0.1, 0.15) is 44.3 Å². The minimum absolute atomic E-state index is 0.103. The van der Waals surface area contributed by atoms with Crippen LogP contribution in [0.25, 0.3) is 22.4 Å². The van der Waals surface area contributed by atoms with Gasteiger partial charge in [0.2, 0.25) is 0 Å². The maximum Gasteiger partial charge on any atom is 0.327 e. The highest BCUT2D eigenvalue weighted by Crippen LogP contribution is 2.34. The molecule has 0 saturated carbocycles. The summed E-state index contributed by atoms with van der Waals surface area (Å²) in [5.74, 6) is 1.70. The molecule has 5 heterocycles. The Bertz CT molecular complexity index is 1480. The van der Waals surface area contributed by atoms with Crippen LogP contribution < -0.4 is 15.9 Å². The molecule has 0 amide bonds. The van der Waals surface area contributed by atoms with Crippen LogP contribution >= 0.6 is 11.6 Å². The van der Waals surface area contributed by atoms with E-state index in [1.165, 1.54) is 18.8 Å². The van der Waals surface area contributed by atoms with E-state index in [4.69, 9.17) is 16.6 Å². The molecule has 2 fully saturated rings. The van der Waals surface area contributed by atoms with Crippen LogP contribution in [-0.2, 0) is 13.1 Å². The standard InChI is InChI=1S/C26H30ClFN8O/c1-2-36-22-23(33-26(36)37)30-15-31-25(22)34-10-7-16(8-11-34)24-32-21(17-5-6-20(28)19(27)12-17)14-35(24)13-18-4-3-9-29-18/h5-6,12,14-16,18,29H,2-4,7-11,13H2,1H3,(H,30,31,33,37)/t18-/m1/s1. The van der Waals surface area contributed by atoms with Gasteiger partial charge in [-0.1, -0.05) is 11.6 Å². The van der Waals surface area contributed by atoms with Gasteiger partial charge < -0.3 is 14.8 Å². The Kier molecular flexibility index (Phi) is 6.46. The Hall–Kier alpha value is -3.24. The zero-order valence-corrected chi connectivity index (χ0v) is 21.5. The average Bonchev–Trinajstić information content (AvgIpc) is 3.64.